The van der Waals surface area contributed by atoms with E-state index in [9.17, 15) is 22.7 Å². The topological polar surface area (TPSA) is 92.5 Å². The third-order valence-electron chi connectivity index (χ3n) is 5.21. The smallest absolute Gasteiger partial charge is 0.278 e. The van der Waals surface area contributed by atoms with Crippen molar-refractivity contribution in [1.82, 2.24) is 14.1 Å². The molecule has 0 aliphatic carbocycles. The van der Waals surface area contributed by atoms with Gasteiger partial charge >= 0.3 is 0 Å². The third kappa shape index (κ3) is 4.41. The van der Waals surface area contributed by atoms with Crippen LogP contribution in [0.4, 0.5) is 4.39 Å². The molecule has 0 aliphatic rings. The van der Waals surface area contributed by atoms with Crippen LogP contribution in [-0.2, 0) is 29.9 Å². The summed E-state index contributed by atoms with van der Waals surface area (Å²) in [4.78, 5) is 12.9. The minimum Gasteiger partial charge on any atom is -0.505 e. The second-order valence-electron chi connectivity index (χ2n) is 7.55. The Bertz CT molecular complexity index is 1340. The van der Waals surface area contributed by atoms with Crippen LogP contribution >= 0.6 is 11.6 Å². The lowest BCUT2D eigenvalue weighted by molar-refractivity contribution is 0.460. The van der Waals surface area contributed by atoms with Crippen LogP contribution in [0.25, 0.3) is 11.1 Å². The van der Waals surface area contributed by atoms with Crippen molar-refractivity contribution < 1.29 is 17.9 Å². The summed E-state index contributed by atoms with van der Waals surface area (Å²) < 4.78 is 41.5. The number of halogens is 2. The Hall–Kier alpha value is -2.75. The van der Waals surface area contributed by atoms with Crippen LogP contribution in [0.2, 0.25) is 5.02 Å². The quantitative estimate of drug-likeness (QED) is 0.585. The number of aryl methyl sites for hydroxylation is 3. The highest BCUT2D eigenvalue weighted by Crippen LogP contribution is 2.36. The summed E-state index contributed by atoms with van der Waals surface area (Å²) in [5, 5.41) is 14.7. The van der Waals surface area contributed by atoms with Crippen molar-refractivity contribution in [2.24, 2.45) is 7.05 Å². The Morgan fingerprint density at radius 2 is 1.72 bits per heavy atom. The van der Waals surface area contributed by atoms with E-state index in [0.717, 1.165) is 20.6 Å². The summed E-state index contributed by atoms with van der Waals surface area (Å²) >= 11 is 6.36. The molecule has 0 radical (unpaired) electrons. The molecule has 1 N–H and O–H groups in total. The number of nitrogens with zero attached hydrogens (tertiary/aromatic N) is 3. The lowest BCUT2D eigenvalue weighted by atomic mass is 9.94. The average molecular weight is 480 g/mol. The van der Waals surface area contributed by atoms with Gasteiger partial charge in [-0.2, -0.15) is 5.10 Å². The van der Waals surface area contributed by atoms with E-state index in [1.807, 2.05) is 0 Å². The Balaban J connectivity index is 2.02. The number of rotatable bonds is 6. The van der Waals surface area contributed by atoms with Crippen molar-refractivity contribution >= 4 is 21.6 Å². The Morgan fingerprint density at radius 1 is 1.09 bits per heavy atom. The van der Waals surface area contributed by atoms with Gasteiger partial charge in [0.05, 0.1) is 10.5 Å². The molecule has 0 aliphatic heterocycles. The molecule has 10 heteroatoms. The number of hydrogen-bond acceptors (Lipinski definition) is 5. The first kappa shape index (κ1) is 23.9. The molecule has 0 unspecified atom stereocenters. The molecule has 32 heavy (non-hydrogen) atoms. The van der Waals surface area contributed by atoms with Crippen LogP contribution in [0, 0.1) is 12.7 Å². The van der Waals surface area contributed by atoms with Crippen molar-refractivity contribution in [3.63, 3.8) is 0 Å². The van der Waals surface area contributed by atoms with Crippen molar-refractivity contribution in [2.45, 2.75) is 24.7 Å². The SMILES string of the molecule is Cc1nn(C)c(=O)c(-c2c(F)ccc(Cl)c2CCc2ccc(S(=O)(=O)N(C)C)cc2)c1O. The van der Waals surface area contributed by atoms with E-state index in [-0.39, 0.29) is 33.2 Å². The zero-order valence-electron chi connectivity index (χ0n) is 18.1. The molecule has 0 saturated carbocycles. The molecule has 170 valence electrons. The summed E-state index contributed by atoms with van der Waals surface area (Å²) in [6.45, 7) is 1.52. The summed E-state index contributed by atoms with van der Waals surface area (Å²) in [5.74, 6) is -1.08. The second kappa shape index (κ2) is 9.01. The number of aromatic nitrogens is 2. The summed E-state index contributed by atoms with van der Waals surface area (Å²) in [7, 11) is 0.790. The van der Waals surface area contributed by atoms with Crippen LogP contribution < -0.4 is 5.56 Å². The summed E-state index contributed by atoms with van der Waals surface area (Å²) in [5.41, 5.74) is 0.459. The number of sulfonamides is 1. The van der Waals surface area contributed by atoms with Crippen molar-refractivity contribution in [2.75, 3.05) is 14.1 Å². The molecule has 3 aromatic rings. The van der Waals surface area contributed by atoms with Crippen LogP contribution in [0.3, 0.4) is 0 Å². The average Bonchev–Trinajstić information content (AvgIpc) is 2.74. The van der Waals surface area contributed by atoms with E-state index in [4.69, 9.17) is 11.6 Å². The molecule has 7 nitrogen and oxygen atoms in total. The van der Waals surface area contributed by atoms with Gasteiger partial charge in [0.1, 0.15) is 11.5 Å². The zero-order chi connectivity index (χ0) is 23.8. The lowest BCUT2D eigenvalue weighted by Crippen LogP contribution is -2.23. The fourth-order valence-electron chi connectivity index (χ4n) is 3.40. The van der Waals surface area contributed by atoms with Gasteiger partial charge in [-0.05, 0) is 55.2 Å². The molecule has 0 saturated heterocycles. The number of hydrogen-bond donors (Lipinski definition) is 1. The maximum atomic E-state index is 14.9. The highest BCUT2D eigenvalue weighted by molar-refractivity contribution is 7.89. The van der Waals surface area contributed by atoms with Gasteiger partial charge in [-0.25, -0.2) is 21.8 Å². The van der Waals surface area contributed by atoms with E-state index < -0.39 is 27.1 Å². The first-order chi connectivity index (χ1) is 14.9. The molecule has 0 spiro atoms. The molecule has 3 rings (SSSR count). The maximum absolute atomic E-state index is 14.9. The van der Waals surface area contributed by atoms with E-state index in [1.54, 1.807) is 12.1 Å². The highest BCUT2D eigenvalue weighted by atomic mass is 35.5. The van der Waals surface area contributed by atoms with Crippen LogP contribution in [0.5, 0.6) is 5.75 Å². The van der Waals surface area contributed by atoms with Gasteiger partial charge in [-0.3, -0.25) is 4.79 Å². The van der Waals surface area contributed by atoms with Gasteiger partial charge < -0.3 is 5.11 Å². The van der Waals surface area contributed by atoms with Gasteiger partial charge in [-0.15, -0.1) is 0 Å². The largest absolute Gasteiger partial charge is 0.505 e. The zero-order valence-corrected chi connectivity index (χ0v) is 19.6. The standard InChI is InChI=1S/C22H23ClFN3O4S/c1-13-21(28)20(22(29)27(4)25-13)19-16(17(23)11-12-18(19)24)10-7-14-5-8-15(9-6-14)32(30,31)26(2)3/h5-6,8-9,11-12,28H,7,10H2,1-4H3. The van der Waals surface area contributed by atoms with Gasteiger partial charge in [0.2, 0.25) is 10.0 Å². The normalized spacial score (nSPS) is 11.8. The van der Waals surface area contributed by atoms with Crippen molar-refractivity contribution in [3.05, 3.63) is 74.4 Å². The molecule has 0 fully saturated rings. The van der Waals surface area contributed by atoms with Crippen molar-refractivity contribution in [3.8, 4) is 16.9 Å². The van der Waals surface area contributed by atoms with Crippen LogP contribution in [-0.4, -0.2) is 41.7 Å². The minimum atomic E-state index is -3.54. The molecule has 1 aromatic heterocycles. The fraction of sp³-hybridized carbons (Fsp3) is 0.273. The van der Waals surface area contributed by atoms with Gasteiger partial charge in [0.25, 0.3) is 5.56 Å². The maximum Gasteiger partial charge on any atom is 0.278 e. The fourth-order valence-corrected chi connectivity index (χ4v) is 4.56. The van der Waals surface area contributed by atoms with Gasteiger partial charge in [-0.1, -0.05) is 23.7 Å². The van der Waals surface area contributed by atoms with Gasteiger partial charge in [0, 0.05) is 31.7 Å². The monoisotopic (exact) mass is 479 g/mol. The Kier molecular flexibility index (Phi) is 6.73. The predicted molar refractivity (Wildman–Crippen MR) is 121 cm³/mol. The minimum absolute atomic E-state index is 0.0621. The molecule has 2 aromatic carbocycles. The molecular weight excluding hydrogens is 457 g/mol. The predicted octanol–water partition coefficient (Wildman–Crippen LogP) is 3.29. The lowest BCUT2D eigenvalue weighted by Gasteiger charge is -2.15. The number of aromatic hydroxyl groups is 1. The molecule has 1 heterocycles. The number of benzene rings is 2. The second-order valence-corrected chi connectivity index (χ2v) is 10.1. The van der Waals surface area contributed by atoms with Crippen LogP contribution in [0.15, 0.2) is 46.1 Å². The van der Waals surface area contributed by atoms with E-state index in [2.05, 4.69) is 5.10 Å². The first-order valence-electron chi connectivity index (χ1n) is 9.70. The van der Waals surface area contributed by atoms with E-state index >= 15 is 0 Å². The third-order valence-corrected chi connectivity index (χ3v) is 7.39. The van der Waals surface area contributed by atoms with Crippen LogP contribution in [0.1, 0.15) is 16.8 Å². The van der Waals surface area contributed by atoms with Gasteiger partial charge in [0.15, 0.2) is 5.75 Å². The molecule has 0 atom stereocenters. The molecular formula is C22H23ClFN3O4S. The van der Waals surface area contributed by atoms with E-state index in [0.29, 0.717) is 12.0 Å². The molecule has 0 bridgehead atoms. The molecule has 0 amide bonds. The Labute approximate surface area is 190 Å². The first-order valence-corrected chi connectivity index (χ1v) is 11.5. The summed E-state index contributed by atoms with van der Waals surface area (Å²) in [6.07, 6.45) is 0.666. The summed E-state index contributed by atoms with van der Waals surface area (Å²) in [6, 6.07) is 8.92. The Morgan fingerprint density at radius 3 is 2.31 bits per heavy atom. The highest BCUT2D eigenvalue weighted by Gasteiger charge is 2.23. The van der Waals surface area contributed by atoms with E-state index in [1.165, 1.54) is 46.3 Å². The van der Waals surface area contributed by atoms with Crippen molar-refractivity contribution in [1.29, 1.82) is 0 Å².